The van der Waals surface area contributed by atoms with Crippen LogP contribution in [0.2, 0.25) is 0 Å². The van der Waals surface area contributed by atoms with Crippen LogP contribution < -0.4 is 11.0 Å². The maximum Gasteiger partial charge on any atom is 0.251 e. The Morgan fingerprint density at radius 3 is 2.73 bits per heavy atom. The van der Waals surface area contributed by atoms with Crippen LogP contribution in [-0.2, 0) is 11.8 Å². The SMILES string of the molecule is CC(C)(C)c1nc(N/N=C/c2cc(Br)cc(Br)c2O)sc1Cc1cc2ccccc2[nH]c1=O. The number of anilines is 1. The van der Waals surface area contributed by atoms with E-state index in [0.29, 0.717) is 27.2 Å². The number of aromatic hydroxyl groups is 1. The number of thiazole rings is 1. The molecule has 2 aromatic carbocycles. The van der Waals surface area contributed by atoms with E-state index in [1.807, 2.05) is 30.3 Å². The number of H-pyrrole nitrogens is 1. The minimum Gasteiger partial charge on any atom is -0.506 e. The molecule has 0 aliphatic heterocycles. The molecule has 0 aliphatic carbocycles. The molecule has 0 saturated carbocycles. The first kappa shape index (κ1) is 23.7. The number of fused-ring (bicyclic) bond motifs is 1. The molecule has 0 atom stereocenters. The third-order valence-electron chi connectivity index (χ3n) is 5.01. The van der Waals surface area contributed by atoms with Crippen LogP contribution in [0.4, 0.5) is 5.13 Å². The van der Waals surface area contributed by atoms with Gasteiger partial charge in [0.15, 0.2) is 0 Å². The van der Waals surface area contributed by atoms with Gasteiger partial charge in [0.05, 0.1) is 16.4 Å². The number of pyridine rings is 1. The quantitative estimate of drug-likeness (QED) is 0.182. The molecule has 170 valence electrons. The lowest BCUT2D eigenvalue weighted by Crippen LogP contribution is -2.17. The molecule has 6 nitrogen and oxygen atoms in total. The van der Waals surface area contributed by atoms with E-state index >= 15 is 0 Å². The number of hydrogen-bond acceptors (Lipinski definition) is 6. The minimum atomic E-state index is -0.202. The average Bonchev–Trinajstić information content (AvgIpc) is 3.15. The molecule has 0 radical (unpaired) electrons. The van der Waals surface area contributed by atoms with Crippen molar-refractivity contribution >= 4 is 65.4 Å². The number of hydrogen-bond donors (Lipinski definition) is 3. The predicted octanol–water partition coefficient (Wildman–Crippen LogP) is 6.55. The summed E-state index contributed by atoms with van der Waals surface area (Å²) >= 11 is 8.20. The van der Waals surface area contributed by atoms with Gasteiger partial charge < -0.3 is 10.1 Å². The second-order valence-corrected chi connectivity index (χ2v) is 11.5. The number of hydrazone groups is 1. The lowest BCUT2D eigenvalue weighted by atomic mass is 9.90. The van der Waals surface area contributed by atoms with Gasteiger partial charge in [-0.25, -0.2) is 4.98 Å². The third-order valence-corrected chi connectivity index (χ3v) is 7.03. The molecule has 0 aliphatic rings. The Kier molecular flexibility index (Phi) is 6.74. The molecule has 2 aromatic heterocycles. The number of halogens is 2. The summed E-state index contributed by atoms with van der Waals surface area (Å²) in [5.74, 6) is 0.106. The Labute approximate surface area is 212 Å². The first-order valence-corrected chi connectivity index (χ1v) is 12.6. The number of nitrogens with one attached hydrogen (secondary N) is 2. The summed E-state index contributed by atoms with van der Waals surface area (Å²) in [6, 6.07) is 13.2. The summed E-state index contributed by atoms with van der Waals surface area (Å²) in [7, 11) is 0. The number of aromatic nitrogens is 2. The summed E-state index contributed by atoms with van der Waals surface area (Å²) in [6.07, 6.45) is 2.02. The van der Waals surface area contributed by atoms with E-state index < -0.39 is 0 Å². The Hall–Kier alpha value is -2.49. The molecule has 0 unspecified atom stereocenters. The lowest BCUT2D eigenvalue weighted by molar-refractivity contribution is 0.471. The molecule has 9 heteroatoms. The van der Waals surface area contributed by atoms with Crippen molar-refractivity contribution in [3.63, 3.8) is 0 Å². The van der Waals surface area contributed by atoms with Crippen LogP contribution in [0, 0.1) is 0 Å². The zero-order valence-electron chi connectivity index (χ0n) is 18.2. The number of phenolic OH excluding ortho intramolecular Hbond substituents is 1. The molecule has 0 fully saturated rings. The van der Waals surface area contributed by atoms with E-state index in [2.05, 4.69) is 68.1 Å². The van der Waals surface area contributed by atoms with Gasteiger partial charge in [0.1, 0.15) is 5.75 Å². The van der Waals surface area contributed by atoms with Gasteiger partial charge >= 0.3 is 0 Å². The van der Waals surface area contributed by atoms with Crippen molar-refractivity contribution in [2.75, 3.05) is 5.43 Å². The van der Waals surface area contributed by atoms with Crippen LogP contribution in [0.1, 0.15) is 42.5 Å². The molecular weight excluding hydrogens is 568 g/mol. The Bertz CT molecular complexity index is 1420. The van der Waals surface area contributed by atoms with Crippen molar-refractivity contribution in [3.05, 3.63) is 83.5 Å². The highest BCUT2D eigenvalue weighted by atomic mass is 79.9. The highest BCUT2D eigenvalue weighted by Gasteiger charge is 2.24. The zero-order valence-corrected chi connectivity index (χ0v) is 22.2. The van der Waals surface area contributed by atoms with Crippen LogP contribution in [0.25, 0.3) is 10.9 Å². The van der Waals surface area contributed by atoms with Crippen molar-refractivity contribution in [1.29, 1.82) is 0 Å². The normalized spacial score (nSPS) is 12.0. The maximum absolute atomic E-state index is 12.7. The average molecular weight is 590 g/mol. The summed E-state index contributed by atoms with van der Waals surface area (Å²) < 4.78 is 1.39. The number of para-hydroxylation sites is 1. The molecular formula is C24H22Br2N4O2S. The van der Waals surface area contributed by atoms with Gasteiger partial charge in [0, 0.05) is 37.8 Å². The molecule has 3 N–H and O–H groups in total. The largest absolute Gasteiger partial charge is 0.506 e. The standard InChI is InChI=1S/C24H22Br2N4O2S/c1-24(2,3)21-19(10-14-8-13-6-4-5-7-18(13)28-22(14)32)33-23(29-21)30-27-12-15-9-16(25)11-17(26)20(15)31/h4-9,11-12,31H,10H2,1-3H3,(H,28,32)(H,29,30)/b27-12+. The van der Waals surface area contributed by atoms with Crippen molar-refractivity contribution in [2.24, 2.45) is 5.10 Å². The van der Waals surface area contributed by atoms with Gasteiger partial charge in [-0.1, -0.05) is 66.2 Å². The van der Waals surface area contributed by atoms with Crippen LogP contribution in [0.15, 0.2) is 61.3 Å². The van der Waals surface area contributed by atoms with Crippen LogP contribution >= 0.6 is 43.2 Å². The first-order valence-electron chi connectivity index (χ1n) is 10.2. The van der Waals surface area contributed by atoms with Gasteiger partial charge in [-0.15, -0.1) is 0 Å². The number of benzene rings is 2. The van der Waals surface area contributed by atoms with Crippen LogP contribution in [-0.4, -0.2) is 21.3 Å². The number of aromatic amines is 1. The fourth-order valence-electron chi connectivity index (χ4n) is 3.44. The van der Waals surface area contributed by atoms with Crippen molar-refractivity contribution in [3.8, 4) is 5.75 Å². The van der Waals surface area contributed by atoms with Gasteiger partial charge in [0.25, 0.3) is 5.56 Å². The van der Waals surface area contributed by atoms with Gasteiger partial charge in [-0.2, -0.15) is 5.10 Å². The van der Waals surface area contributed by atoms with Crippen LogP contribution in [0.5, 0.6) is 5.75 Å². The fourth-order valence-corrected chi connectivity index (χ4v) is 5.85. The van der Waals surface area contributed by atoms with Gasteiger partial charge in [-0.05, 0) is 45.6 Å². The minimum absolute atomic E-state index is 0.0924. The molecule has 0 amide bonds. The van der Waals surface area contributed by atoms with Crippen molar-refractivity contribution in [2.45, 2.75) is 32.6 Å². The second-order valence-electron chi connectivity index (χ2n) is 8.62. The monoisotopic (exact) mass is 588 g/mol. The highest BCUT2D eigenvalue weighted by molar-refractivity contribution is 9.11. The summed E-state index contributed by atoms with van der Waals surface area (Å²) in [5, 5.41) is 16.1. The van der Waals surface area contributed by atoms with E-state index in [1.54, 1.807) is 12.1 Å². The molecule has 0 bridgehead atoms. The lowest BCUT2D eigenvalue weighted by Gasteiger charge is -2.17. The first-order chi connectivity index (χ1) is 15.6. The molecule has 0 spiro atoms. The van der Waals surface area contributed by atoms with E-state index in [0.717, 1.165) is 25.9 Å². The van der Waals surface area contributed by atoms with Crippen LogP contribution in [0.3, 0.4) is 0 Å². The van der Waals surface area contributed by atoms with E-state index in [4.69, 9.17) is 4.98 Å². The number of phenols is 1. The summed E-state index contributed by atoms with van der Waals surface area (Å²) in [4.78, 5) is 21.4. The van der Waals surface area contributed by atoms with Crippen molar-refractivity contribution in [1.82, 2.24) is 9.97 Å². The topological polar surface area (TPSA) is 90.4 Å². The molecule has 33 heavy (non-hydrogen) atoms. The Morgan fingerprint density at radius 2 is 1.97 bits per heavy atom. The summed E-state index contributed by atoms with van der Waals surface area (Å²) in [6.45, 7) is 6.29. The third kappa shape index (κ3) is 5.37. The smallest absolute Gasteiger partial charge is 0.251 e. The predicted molar refractivity (Wildman–Crippen MR) is 143 cm³/mol. The Morgan fingerprint density at radius 1 is 1.21 bits per heavy atom. The molecule has 0 saturated heterocycles. The molecule has 4 aromatic rings. The zero-order chi connectivity index (χ0) is 23.8. The number of rotatable bonds is 5. The Balaban J connectivity index is 1.63. The van der Waals surface area contributed by atoms with Gasteiger partial charge in [0.2, 0.25) is 5.13 Å². The highest BCUT2D eigenvalue weighted by Crippen LogP contribution is 2.34. The van der Waals surface area contributed by atoms with E-state index in [9.17, 15) is 9.90 Å². The van der Waals surface area contributed by atoms with E-state index in [-0.39, 0.29) is 16.7 Å². The maximum atomic E-state index is 12.7. The molecule has 2 heterocycles. The second kappa shape index (κ2) is 9.40. The van der Waals surface area contributed by atoms with Gasteiger partial charge in [-0.3, -0.25) is 10.2 Å². The fraction of sp³-hybridized carbons (Fsp3) is 0.208. The van der Waals surface area contributed by atoms with E-state index in [1.165, 1.54) is 17.6 Å². The number of nitrogens with zero attached hydrogens (tertiary/aromatic N) is 2. The summed E-state index contributed by atoms with van der Waals surface area (Å²) in [5.41, 5.74) is 5.67. The molecule has 4 rings (SSSR count). The van der Waals surface area contributed by atoms with Crippen molar-refractivity contribution < 1.29 is 5.11 Å².